The van der Waals surface area contributed by atoms with Gasteiger partial charge in [-0.3, -0.25) is 10.1 Å². The normalized spacial score (nSPS) is 11.9. The Bertz CT molecular complexity index is 1250. The topological polar surface area (TPSA) is 123 Å². The number of fused-ring (bicyclic) bond motifs is 1. The van der Waals surface area contributed by atoms with Gasteiger partial charge in [0.1, 0.15) is 11.3 Å². The standard InChI is InChI=1S/C22H21IN2O7/c1-12(26)7-15-16-10-18(23)20(32-22(28)24(2)3)11-19(16)31-21(27)17(15)9-13-5-4-6-14(8-13)25(29)30/h4-6,8,10-12,26H,7,9H2,1-3H3. The van der Waals surface area contributed by atoms with Crippen molar-refractivity contribution < 1.29 is 24.0 Å². The van der Waals surface area contributed by atoms with Crippen molar-refractivity contribution in [1.29, 1.82) is 0 Å². The maximum absolute atomic E-state index is 12.9. The van der Waals surface area contributed by atoms with Crippen LogP contribution in [-0.2, 0) is 12.8 Å². The quantitative estimate of drug-likeness (QED) is 0.213. The summed E-state index contributed by atoms with van der Waals surface area (Å²) in [5.41, 5.74) is 0.991. The average molecular weight is 552 g/mol. The number of carbonyl (C=O) groups excluding carboxylic acids is 1. The lowest BCUT2D eigenvalue weighted by molar-refractivity contribution is -0.384. The Kier molecular flexibility index (Phi) is 7.14. The molecule has 1 heterocycles. The van der Waals surface area contributed by atoms with Gasteiger partial charge in [0, 0.05) is 49.7 Å². The second-order valence-corrected chi connectivity index (χ2v) is 8.71. The highest BCUT2D eigenvalue weighted by Crippen LogP contribution is 2.31. The van der Waals surface area contributed by atoms with Crippen molar-refractivity contribution in [2.24, 2.45) is 0 Å². The van der Waals surface area contributed by atoms with Crippen molar-refractivity contribution in [2.75, 3.05) is 14.1 Å². The van der Waals surface area contributed by atoms with E-state index < -0.39 is 22.7 Å². The van der Waals surface area contributed by atoms with E-state index in [1.54, 1.807) is 39.2 Å². The van der Waals surface area contributed by atoms with Crippen LogP contribution in [0.5, 0.6) is 5.75 Å². The van der Waals surface area contributed by atoms with Gasteiger partial charge in [-0.15, -0.1) is 0 Å². The molecule has 1 unspecified atom stereocenters. The molecule has 0 aliphatic carbocycles. The molecule has 1 atom stereocenters. The number of halogens is 1. The molecule has 32 heavy (non-hydrogen) atoms. The second kappa shape index (κ2) is 9.65. The van der Waals surface area contributed by atoms with Gasteiger partial charge in [-0.25, -0.2) is 9.59 Å². The minimum Gasteiger partial charge on any atom is -0.422 e. The highest BCUT2D eigenvalue weighted by molar-refractivity contribution is 14.1. The van der Waals surface area contributed by atoms with Crippen LogP contribution in [0.3, 0.4) is 0 Å². The fourth-order valence-corrected chi connectivity index (χ4v) is 3.83. The Morgan fingerprint density at radius 3 is 2.62 bits per heavy atom. The van der Waals surface area contributed by atoms with Crippen LogP contribution >= 0.6 is 22.6 Å². The first-order chi connectivity index (χ1) is 15.1. The van der Waals surface area contributed by atoms with Crippen molar-refractivity contribution in [3.05, 3.63) is 77.2 Å². The SMILES string of the molecule is CC(O)Cc1c(Cc2cccc([N+](=O)[O-])c2)c(=O)oc2cc(OC(=O)N(C)C)c(I)cc12. The van der Waals surface area contributed by atoms with Crippen molar-refractivity contribution in [1.82, 2.24) is 4.90 Å². The number of aliphatic hydroxyl groups excluding tert-OH is 1. The van der Waals surface area contributed by atoms with Crippen LogP contribution < -0.4 is 10.4 Å². The van der Waals surface area contributed by atoms with E-state index in [2.05, 4.69) is 0 Å². The van der Waals surface area contributed by atoms with Gasteiger partial charge in [0.15, 0.2) is 0 Å². The molecule has 168 valence electrons. The maximum Gasteiger partial charge on any atom is 0.414 e. The molecule has 2 aromatic carbocycles. The predicted octanol–water partition coefficient (Wildman–Crippen LogP) is 3.88. The fourth-order valence-electron chi connectivity index (χ4n) is 3.26. The molecule has 3 rings (SSSR count). The van der Waals surface area contributed by atoms with Gasteiger partial charge in [0.2, 0.25) is 0 Å². The van der Waals surface area contributed by atoms with Crippen molar-refractivity contribution in [2.45, 2.75) is 25.9 Å². The number of benzene rings is 2. The van der Waals surface area contributed by atoms with Crippen LogP contribution in [0.2, 0.25) is 0 Å². The monoisotopic (exact) mass is 552 g/mol. The molecule has 10 heteroatoms. The van der Waals surface area contributed by atoms with Crippen LogP contribution in [-0.4, -0.2) is 41.2 Å². The molecule has 0 aliphatic heterocycles. The zero-order chi connectivity index (χ0) is 23.6. The van der Waals surface area contributed by atoms with E-state index in [9.17, 15) is 24.8 Å². The number of ether oxygens (including phenoxy) is 1. The zero-order valence-corrected chi connectivity index (χ0v) is 19.8. The van der Waals surface area contributed by atoms with Crippen LogP contribution in [0, 0.1) is 13.7 Å². The molecule has 9 nitrogen and oxygen atoms in total. The van der Waals surface area contributed by atoms with Crippen LogP contribution in [0.1, 0.15) is 23.6 Å². The Morgan fingerprint density at radius 1 is 1.28 bits per heavy atom. The third-order valence-corrected chi connectivity index (χ3v) is 5.58. The summed E-state index contributed by atoms with van der Waals surface area (Å²) in [5, 5.41) is 21.8. The molecular formula is C22H21IN2O7. The number of nitrogens with zero attached hydrogens (tertiary/aromatic N) is 2. The molecule has 0 saturated heterocycles. The Balaban J connectivity index is 2.15. The maximum atomic E-state index is 12.9. The largest absolute Gasteiger partial charge is 0.422 e. The molecule has 0 radical (unpaired) electrons. The number of nitro benzene ring substituents is 1. The van der Waals surface area contributed by atoms with Crippen LogP contribution in [0.25, 0.3) is 11.0 Å². The molecule has 1 aromatic heterocycles. The zero-order valence-electron chi connectivity index (χ0n) is 17.6. The van der Waals surface area contributed by atoms with Gasteiger partial charge in [0.25, 0.3) is 5.69 Å². The number of carbonyl (C=O) groups is 1. The first-order valence-corrected chi connectivity index (χ1v) is 10.7. The number of aliphatic hydroxyl groups is 1. The Labute approximate surface area is 196 Å². The molecule has 1 N–H and O–H groups in total. The molecule has 0 saturated carbocycles. The smallest absolute Gasteiger partial charge is 0.414 e. The number of rotatable bonds is 6. The Hall–Kier alpha value is -2.99. The number of hydrogen-bond acceptors (Lipinski definition) is 7. The van der Waals surface area contributed by atoms with E-state index in [-0.39, 0.29) is 29.9 Å². The van der Waals surface area contributed by atoms with Gasteiger partial charge in [-0.2, -0.15) is 0 Å². The molecular weight excluding hydrogens is 531 g/mol. The van der Waals surface area contributed by atoms with Gasteiger partial charge in [0.05, 0.1) is 14.6 Å². The van der Waals surface area contributed by atoms with Gasteiger partial charge >= 0.3 is 11.7 Å². The molecule has 0 fully saturated rings. The van der Waals surface area contributed by atoms with Gasteiger partial charge in [-0.05, 0) is 53.1 Å². The third-order valence-electron chi connectivity index (χ3n) is 4.74. The second-order valence-electron chi connectivity index (χ2n) is 7.54. The van der Waals surface area contributed by atoms with E-state index >= 15 is 0 Å². The first-order valence-electron chi connectivity index (χ1n) is 9.65. The van der Waals surface area contributed by atoms with Gasteiger partial charge in [-0.1, -0.05) is 12.1 Å². The molecule has 0 aliphatic rings. The van der Waals surface area contributed by atoms with Crippen molar-refractivity contribution in [3.63, 3.8) is 0 Å². The number of hydrogen-bond donors (Lipinski definition) is 1. The summed E-state index contributed by atoms with van der Waals surface area (Å²) < 4.78 is 11.5. The number of non-ortho nitro benzene ring substituents is 1. The number of amides is 1. The van der Waals surface area contributed by atoms with E-state index in [4.69, 9.17) is 9.15 Å². The summed E-state index contributed by atoms with van der Waals surface area (Å²) in [6, 6.07) is 9.23. The third kappa shape index (κ3) is 5.25. The van der Waals surface area contributed by atoms with Crippen LogP contribution in [0.15, 0.2) is 45.6 Å². The van der Waals surface area contributed by atoms with E-state index in [0.29, 0.717) is 25.6 Å². The lowest BCUT2D eigenvalue weighted by Gasteiger charge is -2.16. The first kappa shape index (κ1) is 23.7. The summed E-state index contributed by atoms with van der Waals surface area (Å²) in [6.45, 7) is 1.61. The molecule has 1 amide bonds. The minimum atomic E-state index is -0.743. The summed E-state index contributed by atoms with van der Waals surface area (Å²) in [4.78, 5) is 36.7. The summed E-state index contributed by atoms with van der Waals surface area (Å²) in [6.07, 6.45) is -1.03. The molecule has 0 bridgehead atoms. The Morgan fingerprint density at radius 2 is 2.00 bits per heavy atom. The van der Waals surface area contributed by atoms with Crippen molar-refractivity contribution >= 4 is 45.3 Å². The lowest BCUT2D eigenvalue weighted by atomic mass is 9.94. The average Bonchev–Trinajstić information content (AvgIpc) is 2.71. The van der Waals surface area contributed by atoms with Crippen LogP contribution in [0.4, 0.5) is 10.5 Å². The van der Waals surface area contributed by atoms with Gasteiger partial charge < -0.3 is 19.2 Å². The van der Waals surface area contributed by atoms with E-state index in [1.165, 1.54) is 23.1 Å². The van der Waals surface area contributed by atoms with Crippen molar-refractivity contribution in [3.8, 4) is 5.75 Å². The minimum absolute atomic E-state index is 0.0772. The highest BCUT2D eigenvalue weighted by atomic mass is 127. The summed E-state index contributed by atoms with van der Waals surface area (Å²) >= 11 is 2.02. The predicted molar refractivity (Wildman–Crippen MR) is 126 cm³/mol. The fraction of sp³-hybridized carbons (Fsp3) is 0.273. The summed E-state index contributed by atoms with van der Waals surface area (Å²) in [5.74, 6) is 0.245. The summed E-state index contributed by atoms with van der Waals surface area (Å²) in [7, 11) is 3.11. The van der Waals surface area contributed by atoms with E-state index in [1.807, 2.05) is 22.6 Å². The lowest BCUT2D eigenvalue weighted by Crippen LogP contribution is -2.25. The van der Waals surface area contributed by atoms with E-state index in [0.717, 1.165) is 0 Å². The number of nitro groups is 1. The molecule has 0 spiro atoms. The highest BCUT2D eigenvalue weighted by Gasteiger charge is 2.20. The molecule has 3 aromatic rings.